The van der Waals surface area contributed by atoms with E-state index in [1.807, 2.05) is 18.5 Å². The van der Waals surface area contributed by atoms with E-state index in [0.29, 0.717) is 6.10 Å². The predicted octanol–water partition coefficient (Wildman–Crippen LogP) is 3.26. The Morgan fingerprint density at radius 3 is 2.57 bits per heavy atom. The zero-order valence-electron chi connectivity index (χ0n) is 12.3. The van der Waals surface area contributed by atoms with Gasteiger partial charge >= 0.3 is 0 Å². The Labute approximate surface area is 126 Å². The highest BCUT2D eigenvalue weighted by Crippen LogP contribution is 2.17. The van der Waals surface area contributed by atoms with Gasteiger partial charge in [-0.15, -0.1) is 0 Å². The molecule has 0 saturated carbocycles. The minimum absolute atomic E-state index is 0.380. The van der Waals surface area contributed by atoms with Gasteiger partial charge < -0.3 is 4.74 Å². The van der Waals surface area contributed by atoms with Crippen molar-refractivity contribution in [2.24, 2.45) is 0 Å². The summed E-state index contributed by atoms with van der Waals surface area (Å²) in [6, 6.07) is 14.8. The second-order valence-electron chi connectivity index (χ2n) is 5.65. The molecule has 2 heterocycles. The van der Waals surface area contributed by atoms with Crippen LogP contribution in [0.15, 0.2) is 54.9 Å². The van der Waals surface area contributed by atoms with Gasteiger partial charge in [0.25, 0.3) is 0 Å². The van der Waals surface area contributed by atoms with Crippen LogP contribution in [0.25, 0.3) is 0 Å². The highest BCUT2D eigenvalue weighted by Gasteiger charge is 2.19. The van der Waals surface area contributed by atoms with Gasteiger partial charge in [-0.2, -0.15) is 0 Å². The van der Waals surface area contributed by atoms with E-state index in [1.165, 1.54) is 24.0 Å². The SMILES string of the molecule is c1ccc(CN(Cc2cccnc2)C[C@H]2CCCO2)cc1. The molecule has 0 bridgehead atoms. The first kappa shape index (κ1) is 14.2. The molecule has 0 unspecified atom stereocenters. The third-order valence-electron chi connectivity index (χ3n) is 3.86. The van der Waals surface area contributed by atoms with Gasteiger partial charge in [0.15, 0.2) is 0 Å². The molecule has 1 aliphatic heterocycles. The maximum Gasteiger partial charge on any atom is 0.0703 e. The number of hydrogen-bond acceptors (Lipinski definition) is 3. The van der Waals surface area contributed by atoms with Crippen LogP contribution >= 0.6 is 0 Å². The first-order chi connectivity index (χ1) is 10.4. The van der Waals surface area contributed by atoms with Gasteiger partial charge in [0.2, 0.25) is 0 Å². The van der Waals surface area contributed by atoms with Crippen molar-refractivity contribution in [3.63, 3.8) is 0 Å². The summed E-state index contributed by atoms with van der Waals surface area (Å²) in [5, 5.41) is 0. The van der Waals surface area contributed by atoms with Crippen molar-refractivity contribution in [1.82, 2.24) is 9.88 Å². The van der Waals surface area contributed by atoms with E-state index in [0.717, 1.165) is 26.2 Å². The lowest BCUT2D eigenvalue weighted by Gasteiger charge is -2.25. The minimum Gasteiger partial charge on any atom is -0.377 e. The van der Waals surface area contributed by atoms with E-state index < -0.39 is 0 Å². The first-order valence-corrected chi connectivity index (χ1v) is 7.67. The molecule has 3 nitrogen and oxygen atoms in total. The summed E-state index contributed by atoms with van der Waals surface area (Å²) in [6.07, 6.45) is 6.53. The zero-order valence-corrected chi connectivity index (χ0v) is 12.3. The molecule has 0 amide bonds. The number of benzene rings is 1. The topological polar surface area (TPSA) is 25.4 Å². The number of aromatic nitrogens is 1. The summed E-state index contributed by atoms with van der Waals surface area (Å²) in [4.78, 5) is 6.68. The Balaban J connectivity index is 1.67. The average Bonchev–Trinajstić information content (AvgIpc) is 3.02. The van der Waals surface area contributed by atoms with Crippen LogP contribution in [0.5, 0.6) is 0 Å². The van der Waals surface area contributed by atoms with E-state index in [9.17, 15) is 0 Å². The van der Waals surface area contributed by atoms with E-state index in [2.05, 4.69) is 46.3 Å². The molecule has 0 aliphatic carbocycles. The molecular weight excluding hydrogens is 260 g/mol. The molecule has 1 aliphatic rings. The third kappa shape index (κ3) is 4.38. The maximum atomic E-state index is 5.80. The van der Waals surface area contributed by atoms with Gasteiger partial charge in [0.05, 0.1) is 6.10 Å². The van der Waals surface area contributed by atoms with Crippen LogP contribution in [0, 0.1) is 0 Å². The van der Waals surface area contributed by atoms with Crippen LogP contribution in [0.2, 0.25) is 0 Å². The Morgan fingerprint density at radius 1 is 1.05 bits per heavy atom. The van der Waals surface area contributed by atoms with Crippen molar-refractivity contribution < 1.29 is 4.74 Å². The lowest BCUT2D eigenvalue weighted by Crippen LogP contribution is -2.31. The van der Waals surface area contributed by atoms with Crippen LogP contribution in [0.1, 0.15) is 24.0 Å². The number of nitrogens with zero attached hydrogens (tertiary/aromatic N) is 2. The molecular formula is C18H22N2O. The summed E-state index contributed by atoms with van der Waals surface area (Å²) in [5.41, 5.74) is 2.60. The Morgan fingerprint density at radius 2 is 1.86 bits per heavy atom. The first-order valence-electron chi connectivity index (χ1n) is 7.67. The molecule has 1 fully saturated rings. The maximum absolute atomic E-state index is 5.80. The summed E-state index contributed by atoms with van der Waals surface area (Å²) >= 11 is 0. The largest absolute Gasteiger partial charge is 0.377 e. The van der Waals surface area contributed by atoms with Crippen molar-refractivity contribution in [1.29, 1.82) is 0 Å². The number of rotatable bonds is 6. The van der Waals surface area contributed by atoms with Gasteiger partial charge in [0, 0.05) is 38.6 Å². The summed E-state index contributed by atoms with van der Waals surface area (Å²) < 4.78 is 5.80. The normalized spacial score (nSPS) is 18.2. The Kier molecular flexibility index (Phi) is 4.98. The molecule has 21 heavy (non-hydrogen) atoms. The highest BCUT2D eigenvalue weighted by atomic mass is 16.5. The predicted molar refractivity (Wildman–Crippen MR) is 83.8 cm³/mol. The molecule has 1 aromatic carbocycles. The smallest absolute Gasteiger partial charge is 0.0703 e. The number of ether oxygens (including phenoxy) is 1. The molecule has 3 rings (SSSR count). The van der Waals surface area contributed by atoms with Crippen LogP contribution in [0.4, 0.5) is 0 Å². The van der Waals surface area contributed by atoms with Crippen LogP contribution in [-0.2, 0) is 17.8 Å². The third-order valence-corrected chi connectivity index (χ3v) is 3.86. The summed E-state index contributed by atoms with van der Waals surface area (Å²) in [5.74, 6) is 0. The Hall–Kier alpha value is -1.71. The molecule has 0 radical (unpaired) electrons. The molecule has 110 valence electrons. The lowest BCUT2D eigenvalue weighted by molar-refractivity contribution is 0.0679. The number of pyridine rings is 1. The quantitative estimate of drug-likeness (QED) is 0.813. The van der Waals surface area contributed by atoms with Gasteiger partial charge in [-0.05, 0) is 30.0 Å². The molecule has 0 spiro atoms. The van der Waals surface area contributed by atoms with E-state index >= 15 is 0 Å². The van der Waals surface area contributed by atoms with Gasteiger partial charge in [-0.1, -0.05) is 36.4 Å². The van der Waals surface area contributed by atoms with Crippen molar-refractivity contribution in [2.75, 3.05) is 13.2 Å². The minimum atomic E-state index is 0.380. The van der Waals surface area contributed by atoms with Crippen molar-refractivity contribution in [3.05, 3.63) is 66.0 Å². The van der Waals surface area contributed by atoms with Crippen LogP contribution in [0.3, 0.4) is 0 Å². The monoisotopic (exact) mass is 282 g/mol. The second kappa shape index (κ2) is 7.34. The molecule has 1 atom stereocenters. The van der Waals surface area contributed by atoms with E-state index in [1.54, 1.807) is 0 Å². The van der Waals surface area contributed by atoms with E-state index in [4.69, 9.17) is 4.74 Å². The molecule has 1 saturated heterocycles. The number of hydrogen-bond donors (Lipinski definition) is 0. The molecule has 2 aromatic rings. The van der Waals surface area contributed by atoms with Crippen molar-refractivity contribution >= 4 is 0 Å². The van der Waals surface area contributed by atoms with Crippen LogP contribution < -0.4 is 0 Å². The zero-order chi connectivity index (χ0) is 14.3. The lowest BCUT2D eigenvalue weighted by atomic mass is 10.1. The standard InChI is InChI=1S/C18H22N2O/c1-2-6-16(7-3-1)13-20(15-18-9-5-11-21-18)14-17-8-4-10-19-12-17/h1-4,6-8,10,12,18H,5,9,11,13-15H2/t18-/m1/s1. The molecule has 3 heteroatoms. The second-order valence-corrected chi connectivity index (χ2v) is 5.65. The van der Waals surface area contributed by atoms with E-state index in [-0.39, 0.29) is 0 Å². The summed E-state index contributed by atoms with van der Waals surface area (Å²) in [7, 11) is 0. The fourth-order valence-corrected chi connectivity index (χ4v) is 2.85. The highest BCUT2D eigenvalue weighted by molar-refractivity contribution is 5.15. The fourth-order valence-electron chi connectivity index (χ4n) is 2.85. The van der Waals surface area contributed by atoms with Crippen molar-refractivity contribution in [3.8, 4) is 0 Å². The van der Waals surface area contributed by atoms with Crippen molar-refractivity contribution in [2.45, 2.75) is 32.0 Å². The fraction of sp³-hybridized carbons (Fsp3) is 0.389. The van der Waals surface area contributed by atoms with Crippen LogP contribution in [-0.4, -0.2) is 29.1 Å². The van der Waals surface area contributed by atoms with Gasteiger partial charge in [0.1, 0.15) is 0 Å². The molecule has 1 aromatic heterocycles. The molecule has 0 N–H and O–H groups in total. The average molecular weight is 282 g/mol. The summed E-state index contributed by atoms with van der Waals surface area (Å²) in [6.45, 7) is 3.78. The Bertz CT molecular complexity index is 482. The van der Waals surface area contributed by atoms with Gasteiger partial charge in [-0.3, -0.25) is 9.88 Å². The van der Waals surface area contributed by atoms with Gasteiger partial charge in [-0.25, -0.2) is 0 Å².